The summed E-state index contributed by atoms with van der Waals surface area (Å²) in [6.07, 6.45) is -4.79. The Morgan fingerprint density at radius 3 is 2.39 bits per heavy atom. The van der Waals surface area contributed by atoms with E-state index < -0.39 is 60.4 Å². The molecule has 2 amide bonds. The number of carboxylic acid groups (broad SMARTS) is 1. The van der Waals surface area contributed by atoms with Crippen LogP contribution in [-0.2, 0) is 4.79 Å². The fourth-order valence-corrected chi connectivity index (χ4v) is 2.34. The number of nitrogens with one attached hydrogen (secondary N) is 1. The van der Waals surface area contributed by atoms with E-state index in [9.17, 15) is 31.5 Å². The molecule has 0 unspecified atom stereocenters. The number of urea groups is 1. The quantitative estimate of drug-likeness (QED) is 0.815. The molecule has 10 heteroatoms. The number of halogens is 5. The highest BCUT2D eigenvalue weighted by molar-refractivity contribution is 5.90. The smallest absolute Gasteiger partial charge is 0.394 e. The number of carbonyl (C=O) groups excluding carboxylic acids is 1. The molecule has 0 aliphatic carbocycles. The number of hydrogen-bond acceptors (Lipinski definition) is 2. The van der Waals surface area contributed by atoms with Crippen molar-refractivity contribution in [2.45, 2.75) is 6.18 Å². The molecule has 2 rings (SSSR count). The minimum Gasteiger partial charge on any atom is -0.481 e. The summed E-state index contributed by atoms with van der Waals surface area (Å²) in [5, 5.41) is 10.8. The van der Waals surface area contributed by atoms with Crippen LogP contribution in [0.15, 0.2) is 18.2 Å². The van der Waals surface area contributed by atoms with Crippen LogP contribution in [0.5, 0.6) is 0 Å². The first-order valence-electron chi connectivity index (χ1n) is 6.40. The van der Waals surface area contributed by atoms with Gasteiger partial charge in [0, 0.05) is 19.2 Å². The van der Waals surface area contributed by atoms with Crippen LogP contribution in [-0.4, -0.2) is 41.3 Å². The molecule has 1 fully saturated rings. The van der Waals surface area contributed by atoms with Crippen molar-refractivity contribution in [3.8, 4) is 0 Å². The highest BCUT2D eigenvalue weighted by Crippen LogP contribution is 2.37. The Hall–Kier alpha value is -2.39. The zero-order valence-electron chi connectivity index (χ0n) is 11.4. The minimum atomic E-state index is -4.79. The van der Waals surface area contributed by atoms with E-state index in [2.05, 4.69) is 0 Å². The summed E-state index contributed by atoms with van der Waals surface area (Å²) in [4.78, 5) is 23.4. The number of rotatable bonds is 2. The number of carbonyl (C=O) groups is 2. The molecular formula is C13H11F5N2O3. The van der Waals surface area contributed by atoms with Gasteiger partial charge in [0.1, 0.15) is 11.6 Å². The average Bonchev–Trinajstić information content (AvgIpc) is 2.88. The molecule has 1 saturated heterocycles. The molecule has 2 atom stereocenters. The zero-order valence-corrected chi connectivity index (χ0v) is 11.4. The third kappa shape index (κ3) is 3.69. The number of carboxylic acids is 1. The van der Waals surface area contributed by atoms with Crippen molar-refractivity contribution in [2.75, 3.05) is 18.4 Å². The first kappa shape index (κ1) is 17.0. The Morgan fingerprint density at radius 1 is 1.22 bits per heavy atom. The van der Waals surface area contributed by atoms with Gasteiger partial charge >= 0.3 is 18.2 Å². The lowest BCUT2D eigenvalue weighted by molar-refractivity contribution is -0.187. The van der Waals surface area contributed by atoms with E-state index in [4.69, 9.17) is 5.11 Å². The largest absolute Gasteiger partial charge is 0.481 e. The van der Waals surface area contributed by atoms with Gasteiger partial charge in [-0.3, -0.25) is 4.79 Å². The van der Waals surface area contributed by atoms with Crippen molar-refractivity contribution in [1.29, 1.82) is 0 Å². The van der Waals surface area contributed by atoms with Crippen molar-refractivity contribution < 1.29 is 36.6 Å². The fraction of sp³-hybridized carbons (Fsp3) is 0.385. The molecule has 1 aliphatic heterocycles. The molecule has 1 aromatic rings. The lowest BCUT2D eigenvalue weighted by atomic mass is 9.96. The molecule has 0 spiro atoms. The first-order chi connectivity index (χ1) is 10.6. The van der Waals surface area contributed by atoms with E-state index in [0.29, 0.717) is 11.0 Å². The van der Waals surface area contributed by atoms with Crippen molar-refractivity contribution in [2.24, 2.45) is 11.8 Å². The third-order valence-electron chi connectivity index (χ3n) is 3.51. The maximum absolute atomic E-state index is 13.4. The van der Waals surface area contributed by atoms with Crippen LogP contribution in [0.25, 0.3) is 0 Å². The minimum absolute atomic E-state index is 0.544. The van der Waals surface area contributed by atoms with Crippen molar-refractivity contribution >= 4 is 17.7 Å². The summed E-state index contributed by atoms with van der Waals surface area (Å²) in [6.45, 7) is -1.55. The van der Waals surface area contributed by atoms with Gasteiger partial charge in [0.15, 0.2) is 0 Å². The summed E-state index contributed by atoms with van der Waals surface area (Å²) in [5.74, 6) is -7.53. The van der Waals surface area contributed by atoms with Gasteiger partial charge in [0.25, 0.3) is 0 Å². The number of amides is 2. The highest BCUT2D eigenvalue weighted by Gasteiger charge is 2.53. The molecule has 126 valence electrons. The van der Waals surface area contributed by atoms with E-state index in [0.717, 1.165) is 12.1 Å². The van der Waals surface area contributed by atoms with Gasteiger partial charge in [-0.25, -0.2) is 13.6 Å². The standard InChI is InChI=1S/C13H11F5N2O3/c14-6-1-2-9(15)10(3-6)19-12(23)20-4-7(11(21)22)8(5-20)13(16,17)18/h1-3,7-8H,4-5H2,(H,19,23)(H,21,22)/t7-,8-/m1/s1. The molecule has 1 aromatic carbocycles. The first-order valence-corrected chi connectivity index (χ1v) is 6.40. The lowest BCUT2D eigenvalue weighted by Crippen LogP contribution is -2.35. The average molecular weight is 338 g/mol. The number of benzene rings is 1. The van der Waals surface area contributed by atoms with Gasteiger partial charge in [-0.1, -0.05) is 0 Å². The van der Waals surface area contributed by atoms with Gasteiger partial charge in [-0.15, -0.1) is 0 Å². The van der Waals surface area contributed by atoms with Gasteiger partial charge in [0.2, 0.25) is 0 Å². The van der Waals surface area contributed by atoms with Crippen LogP contribution in [0.1, 0.15) is 0 Å². The normalized spacial score (nSPS) is 21.3. The van der Waals surface area contributed by atoms with E-state index in [-0.39, 0.29) is 0 Å². The second kappa shape index (κ2) is 6.01. The fourth-order valence-electron chi connectivity index (χ4n) is 2.34. The number of aliphatic carboxylic acids is 1. The maximum Gasteiger partial charge on any atom is 0.394 e. The molecule has 5 nitrogen and oxygen atoms in total. The van der Waals surface area contributed by atoms with Crippen LogP contribution in [0, 0.1) is 23.5 Å². The monoisotopic (exact) mass is 338 g/mol. The Balaban J connectivity index is 2.14. The second-order valence-electron chi connectivity index (χ2n) is 5.05. The number of hydrogen-bond donors (Lipinski definition) is 2. The topological polar surface area (TPSA) is 69.6 Å². The molecule has 23 heavy (non-hydrogen) atoms. The Kier molecular flexibility index (Phi) is 4.44. The molecule has 0 radical (unpaired) electrons. The van der Waals surface area contributed by atoms with Crippen molar-refractivity contribution in [3.63, 3.8) is 0 Å². The predicted octanol–water partition coefficient (Wildman–Crippen LogP) is 2.69. The summed E-state index contributed by atoms with van der Waals surface area (Å²) in [5.41, 5.74) is -0.544. The van der Waals surface area contributed by atoms with E-state index in [1.165, 1.54) is 0 Å². The van der Waals surface area contributed by atoms with Crippen LogP contribution < -0.4 is 5.32 Å². The second-order valence-corrected chi connectivity index (χ2v) is 5.05. The van der Waals surface area contributed by atoms with Crippen LogP contribution in [0.4, 0.5) is 32.4 Å². The summed E-state index contributed by atoms with van der Waals surface area (Å²) in [6, 6.07) is 1.08. The van der Waals surface area contributed by atoms with Crippen LogP contribution >= 0.6 is 0 Å². The molecule has 2 N–H and O–H groups in total. The number of alkyl halides is 3. The number of anilines is 1. The van der Waals surface area contributed by atoms with Crippen molar-refractivity contribution in [1.82, 2.24) is 4.90 Å². The molecule has 0 saturated carbocycles. The molecule has 1 heterocycles. The van der Waals surface area contributed by atoms with E-state index in [1.54, 1.807) is 0 Å². The third-order valence-corrected chi connectivity index (χ3v) is 3.51. The van der Waals surface area contributed by atoms with Crippen molar-refractivity contribution in [3.05, 3.63) is 29.8 Å². The highest BCUT2D eigenvalue weighted by atomic mass is 19.4. The molecule has 1 aliphatic rings. The van der Waals surface area contributed by atoms with E-state index in [1.807, 2.05) is 5.32 Å². The Labute approximate surface area is 126 Å². The molecular weight excluding hydrogens is 327 g/mol. The summed E-state index contributed by atoms with van der Waals surface area (Å²) < 4.78 is 64.9. The maximum atomic E-state index is 13.4. The number of likely N-dealkylation sites (tertiary alicyclic amines) is 1. The Morgan fingerprint density at radius 2 is 1.87 bits per heavy atom. The van der Waals surface area contributed by atoms with E-state index >= 15 is 0 Å². The SMILES string of the molecule is O=C(O)[C@@H]1CN(C(=O)Nc2cc(F)ccc2F)C[C@H]1C(F)(F)F. The summed E-state index contributed by atoms with van der Waals surface area (Å²) >= 11 is 0. The van der Waals surface area contributed by atoms with Gasteiger partial charge in [-0.05, 0) is 12.1 Å². The number of nitrogens with zero attached hydrogens (tertiary/aromatic N) is 1. The molecule has 0 bridgehead atoms. The lowest BCUT2D eigenvalue weighted by Gasteiger charge is -2.19. The van der Waals surface area contributed by atoms with Crippen LogP contribution in [0.2, 0.25) is 0 Å². The Bertz CT molecular complexity index is 635. The van der Waals surface area contributed by atoms with Gasteiger partial charge < -0.3 is 15.3 Å². The zero-order chi connectivity index (χ0) is 17.4. The predicted molar refractivity (Wildman–Crippen MR) is 67.6 cm³/mol. The molecule has 0 aromatic heterocycles. The van der Waals surface area contributed by atoms with Gasteiger partial charge in [0.05, 0.1) is 17.5 Å². The summed E-state index contributed by atoms with van der Waals surface area (Å²) in [7, 11) is 0. The van der Waals surface area contributed by atoms with Crippen LogP contribution in [0.3, 0.4) is 0 Å². The van der Waals surface area contributed by atoms with Gasteiger partial charge in [-0.2, -0.15) is 13.2 Å².